The van der Waals surface area contributed by atoms with Crippen LogP contribution in [0.25, 0.3) is 16.5 Å². The second kappa shape index (κ2) is 6.46. The Morgan fingerprint density at radius 3 is 3.19 bits per heavy atom. The van der Waals surface area contributed by atoms with Crippen molar-refractivity contribution in [2.45, 2.75) is 24.9 Å². The second-order valence-electron chi connectivity index (χ2n) is 7.64. The molecule has 0 fully saturated rings. The maximum absolute atomic E-state index is 6.02. The lowest BCUT2D eigenvalue weighted by Gasteiger charge is -2.39. The van der Waals surface area contributed by atoms with Crippen LogP contribution in [0, 0.1) is 5.92 Å². The van der Waals surface area contributed by atoms with E-state index in [1.54, 1.807) is 0 Å². The van der Waals surface area contributed by atoms with Crippen LogP contribution in [-0.4, -0.2) is 60.1 Å². The van der Waals surface area contributed by atoms with E-state index >= 15 is 0 Å². The van der Waals surface area contributed by atoms with Crippen LogP contribution in [0.15, 0.2) is 35.5 Å². The Balaban J connectivity index is 1.51. The van der Waals surface area contributed by atoms with Gasteiger partial charge in [0.25, 0.3) is 0 Å². The monoisotopic (exact) mass is 367 g/mol. The van der Waals surface area contributed by atoms with Crippen LogP contribution < -0.4 is 0 Å². The fourth-order valence-electron chi connectivity index (χ4n) is 4.65. The molecule has 0 bridgehead atoms. The zero-order valence-electron chi connectivity index (χ0n) is 15.4. The van der Waals surface area contributed by atoms with Crippen molar-refractivity contribution in [1.29, 1.82) is 0 Å². The van der Waals surface area contributed by atoms with Crippen LogP contribution in [0.2, 0.25) is 0 Å². The number of aliphatic imine (C=N–C) groups is 1. The van der Waals surface area contributed by atoms with E-state index in [-0.39, 0.29) is 5.92 Å². The Labute approximate surface area is 158 Å². The van der Waals surface area contributed by atoms with Crippen molar-refractivity contribution < 1.29 is 4.74 Å². The molecule has 5 heteroatoms. The summed E-state index contributed by atoms with van der Waals surface area (Å²) in [7, 11) is 2.24. The number of ether oxygens (including phenoxy) is 1. The fourth-order valence-corrected chi connectivity index (χ4v) is 5.15. The number of hydrogen-bond donors (Lipinski definition) is 1. The zero-order valence-corrected chi connectivity index (χ0v) is 16.2. The summed E-state index contributed by atoms with van der Waals surface area (Å²) in [5.74, 6) is 2.36. The van der Waals surface area contributed by atoms with E-state index in [0.29, 0.717) is 12.1 Å². The minimum atomic E-state index is 0.265. The SMILES string of the molecule is CSCCC1COC(C2C=C3c4cccc5[nH]cc(c45)CC3N(C)C2)=N1. The average molecular weight is 368 g/mol. The number of benzene rings is 1. The summed E-state index contributed by atoms with van der Waals surface area (Å²) >= 11 is 1.88. The van der Waals surface area contributed by atoms with Gasteiger partial charge < -0.3 is 9.72 Å². The highest BCUT2D eigenvalue weighted by molar-refractivity contribution is 7.98. The first kappa shape index (κ1) is 16.5. The molecule has 1 aliphatic carbocycles. The Hall–Kier alpha value is -1.72. The van der Waals surface area contributed by atoms with Gasteiger partial charge in [-0.1, -0.05) is 18.2 Å². The van der Waals surface area contributed by atoms with Gasteiger partial charge in [0.1, 0.15) is 6.61 Å². The van der Waals surface area contributed by atoms with E-state index in [4.69, 9.17) is 9.73 Å². The standard InChI is InChI=1S/C21H25N3OS/c1-24-11-14(21-23-15(12-25-21)6-7-26-2)8-17-16-4-3-5-18-20(16)13(10-22-18)9-19(17)24/h3-5,8,10,14-15,19,22H,6-7,9,11-12H2,1-2H3. The van der Waals surface area contributed by atoms with Gasteiger partial charge in [0.05, 0.1) is 12.0 Å². The molecule has 2 aromatic rings. The number of thioether (sulfide) groups is 1. The number of likely N-dealkylation sites (N-methyl/N-ethyl adjacent to an activating group) is 1. The smallest absolute Gasteiger partial charge is 0.192 e. The first-order valence-electron chi connectivity index (χ1n) is 9.45. The van der Waals surface area contributed by atoms with Gasteiger partial charge in [-0.3, -0.25) is 4.90 Å². The van der Waals surface area contributed by atoms with Crippen molar-refractivity contribution in [3.05, 3.63) is 41.6 Å². The van der Waals surface area contributed by atoms with Gasteiger partial charge in [-0.25, -0.2) is 4.99 Å². The fraction of sp³-hybridized carbons (Fsp3) is 0.476. The highest BCUT2D eigenvalue weighted by atomic mass is 32.2. The number of hydrogen-bond acceptors (Lipinski definition) is 4. The highest BCUT2D eigenvalue weighted by Crippen LogP contribution is 2.41. The third-order valence-electron chi connectivity index (χ3n) is 5.97. The first-order chi connectivity index (χ1) is 12.7. The van der Waals surface area contributed by atoms with Crippen molar-refractivity contribution in [3.8, 4) is 0 Å². The van der Waals surface area contributed by atoms with E-state index in [0.717, 1.165) is 37.6 Å². The van der Waals surface area contributed by atoms with Gasteiger partial charge in [0.15, 0.2) is 5.90 Å². The van der Waals surface area contributed by atoms with Crippen molar-refractivity contribution >= 4 is 34.1 Å². The van der Waals surface area contributed by atoms with Crippen LogP contribution in [0.1, 0.15) is 17.5 Å². The summed E-state index contributed by atoms with van der Waals surface area (Å²) in [5.41, 5.74) is 5.51. The lowest BCUT2D eigenvalue weighted by atomic mass is 9.80. The normalized spacial score (nSPS) is 27.8. The molecule has 0 saturated heterocycles. The summed E-state index contributed by atoms with van der Waals surface area (Å²) in [6.07, 6.45) is 8.96. The number of fused-ring (bicyclic) bond motifs is 2. The molecule has 1 N–H and O–H groups in total. The molecule has 1 aromatic carbocycles. The van der Waals surface area contributed by atoms with Crippen LogP contribution in [0.4, 0.5) is 0 Å². The topological polar surface area (TPSA) is 40.6 Å². The van der Waals surface area contributed by atoms with Crippen LogP contribution in [0.3, 0.4) is 0 Å². The Morgan fingerprint density at radius 1 is 1.38 bits per heavy atom. The Bertz CT molecular complexity index is 900. The number of aromatic nitrogens is 1. The largest absolute Gasteiger partial charge is 0.478 e. The molecule has 4 nitrogen and oxygen atoms in total. The van der Waals surface area contributed by atoms with E-state index in [1.165, 1.54) is 27.6 Å². The molecule has 0 amide bonds. The first-order valence-corrected chi connectivity index (χ1v) is 10.8. The molecular weight excluding hydrogens is 342 g/mol. The number of rotatable bonds is 4. The molecule has 3 heterocycles. The third kappa shape index (κ3) is 2.60. The summed E-state index contributed by atoms with van der Waals surface area (Å²) < 4.78 is 6.02. The predicted octanol–water partition coefficient (Wildman–Crippen LogP) is 3.59. The number of nitrogens with one attached hydrogen (secondary N) is 1. The van der Waals surface area contributed by atoms with Gasteiger partial charge >= 0.3 is 0 Å². The molecule has 3 aliphatic rings. The summed E-state index contributed by atoms with van der Waals surface area (Å²) in [5, 5.41) is 1.40. The quantitative estimate of drug-likeness (QED) is 0.898. The van der Waals surface area contributed by atoms with Crippen molar-refractivity contribution in [2.75, 3.05) is 32.2 Å². The van der Waals surface area contributed by atoms with Gasteiger partial charge in [0, 0.05) is 29.7 Å². The number of H-pyrrole nitrogens is 1. The van der Waals surface area contributed by atoms with Crippen LogP contribution in [-0.2, 0) is 11.2 Å². The Kier molecular flexibility index (Phi) is 4.09. The lowest BCUT2D eigenvalue weighted by Crippen LogP contribution is -2.44. The predicted molar refractivity (Wildman–Crippen MR) is 110 cm³/mol. The highest BCUT2D eigenvalue weighted by Gasteiger charge is 2.36. The molecule has 26 heavy (non-hydrogen) atoms. The maximum atomic E-state index is 6.02. The molecule has 3 unspecified atom stereocenters. The number of aromatic amines is 1. The molecule has 0 spiro atoms. The zero-order chi connectivity index (χ0) is 17.7. The summed E-state index contributed by atoms with van der Waals surface area (Å²) in [4.78, 5) is 10.8. The minimum Gasteiger partial charge on any atom is -0.478 e. The molecule has 136 valence electrons. The molecular formula is C21H25N3OS. The molecule has 5 rings (SSSR count). The minimum absolute atomic E-state index is 0.265. The van der Waals surface area contributed by atoms with E-state index in [9.17, 15) is 0 Å². The van der Waals surface area contributed by atoms with Crippen LogP contribution >= 0.6 is 11.8 Å². The van der Waals surface area contributed by atoms with Crippen molar-refractivity contribution in [1.82, 2.24) is 9.88 Å². The Morgan fingerprint density at radius 2 is 2.31 bits per heavy atom. The van der Waals surface area contributed by atoms with Gasteiger partial charge in [-0.15, -0.1) is 0 Å². The average Bonchev–Trinajstić information content (AvgIpc) is 3.29. The van der Waals surface area contributed by atoms with E-state index in [2.05, 4.69) is 53.7 Å². The molecule has 1 aromatic heterocycles. The second-order valence-corrected chi connectivity index (χ2v) is 8.63. The van der Waals surface area contributed by atoms with Crippen molar-refractivity contribution in [2.24, 2.45) is 10.9 Å². The van der Waals surface area contributed by atoms with Gasteiger partial charge in [-0.05, 0) is 54.7 Å². The summed E-state index contributed by atoms with van der Waals surface area (Å²) in [6.45, 7) is 1.73. The van der Waals surface area contributed by atoms with Crippen LogP contribution in [0.5, 0.6) is 0 Å². The number of nitrogens with zero attached hydrogens (tertiary/aromatic N) is 2. The maximum Gasteiger partial charge on any atom is 0.192 e. The third-order valence-corrected chi connectivity index (χ3v) is 6.62. The van der Waals surface area contributed by atoms with Crippen molar-refractivity contribution in [3.63, 3.8) is 0 Å². The van der Waals surface area contributed by atoms with Gasteiger partial charge in [-0.2, -0.15) is 11.8 Å². The molecule has 2 aliphatic heterocycles. The lowest BCUT2D eigenvalue weighted by molar-refractivity contribution is 0.243. The van der Waals surface area contributed by atoms with Gasteiger partial charge in [0.2, 0.25) is 0 Å². The molecule has 0 radical (unpaired) electrons. The molecule has 0 saturated carbocycles. The molecule has 3 atom stereocenters. The summed E-state index contributed by atoms with van der Waals surface area (Å²) in [6, 6.07) is 7.40. The van der Waals surface area contributed by atoms with E-state index < -0.39 is 0 Å². The van der Waals surface area contributed by atoms with E-state index in [1.807, 2.05) is 11.8 Å².